The molecule has 0 aliphatic heterocycles. The van der Waals surface area contributed by atoms with E-state index in [1.807, 2.05) is 36.1 Å². The van der Waals surface area contributed by atoms with Crippen LogP contribution in [-0.4, -0.2) is 25.8 Å². The normalized spacial score (nSPS) is 11.3. The average molecular weight is 279 g/mol. The number of pyridine rings is 1. The van der Waals surface area contributed by atoms with Crippen molar-refractivity contribution in [2.24, 2.45) is 7.05 Å². The molecule has 3 rings (SSSR count). The fraction of sp³-hybridized carbons (Fsp3) is 0.0625. The predicted octanol–water partition coefficient (Wildman–Crippen LogP) is 2.73. The minimum Gasteiger partial charge on any atom is -0.478 e. The molecule has 21 heavy (non-hydrogen) atoms. The zero-order valence-electron chi connectivity index (χ0n) is 11.4. The number of carbonyl (C=O) groups is 1. The lowest BCUT2D eigenvalue weighted by Crippen LogP contribution is -1.91. The highest BCUT2D eigenvalue weighted by atomic mass is 16.4. The molecule has 5 heteroatoms. The van der Waals surface area contributed by atoms with Crippen molar-refractivity contribution < 1.29 is 9.90 Å². The van der Waals surface area contributed by atoms with Crippen molar-refractivity contribution >= 4 is 22.9 Å². The summed E-state index contributed by atoms with van der Waals surface area (Å²) in [6.45, 7) is 0. The van der Waals surface area contributed by atoms with Crippen LogP contribution in [0.25, 0.3) is 28.1 Å². The zero-order chi connectivity index (χ0) is 14.8. The number of carboxylic acid groups (broad SMARTS) is 1. The van der Waals surface area contributed by atoms with Crippen LogP contribution >= 0.6 is 0 Å². The molecular formula is C16H13N3O2. The van der Waals surface area contributed by atoms with Crippen LogP contribution in [0.2, 0.25) is 0 Å². The molecule has 1 N–H and O–H groups in total. The average Bonchev–Trinajstić information content (AvgIpc) is 2.86. The highest BCUT2D eigenvalue weighted by Gasteiger charge is 2.06. The third kappa shape index (κ3) is 2.53. The maximum Gasteiger partial charge on any atom is 0.328 e. The Morgan fingerprint density at radius 2 is 2.14 bits per heavy atom. The molecule has 0 aliphatic carbocycles. The molecule has 1 aromatic carbocycles. The van der Waals surface area contributed by atoms with Crippen LogP contribution in [0.4, 0.5) is 0 Å². The first-order chi connectivity index (χ1) is 10.1. The fourth-order valence-corrected chi connectivity index (χ4v) is 2.26. The molecule has 0 radical (unpaired) electrons. The number of nitrogens with zero attached hydrogens (tertiary/aromatic N) is 3. The second kappa shape index (κ2) is 5.20. The fourth-order valence-electron chi connectivity index (χ4n) is 2.26. The lowest BCUT2D eigenvalue weighted by Gasteiger charge is -2.06. The molecule has 0 fully saturated rings. The van der Waals surface area contributed by atoms with E-state index in [0.29, 0.717) is 0 Å². The van der Waals surface area contributed by atoms with E-state index < -0.39 is 5.97 Å². The van der Waals surface area contributed by atoms with Gasteiger partial charge in [0, 0.05) is 36.5 Å². The Bertz CT molecular complexity index is 850. The molecule has 0 bridgehead atoms. The summed E-state index contributed by atoms with van der Waals surface area (Å²) in [5.41, 5.74) is 3.70. The van der Waals surface area contributed by atoms with Gasteiger partial charge in [-0.15, -0.1) is 0 Å². The quantitative estimate of drug-likeness (QED) is 0.748. The van der Waals surface area contributed by atoms with Gasteiger partial charge in [-0.3, -0.25) is 9.67 Å². The molecule has 0 aliphatic rings. The van der Waals surface area contributed by atoms with Crippen LogP contribution in [0.1, 0.15) is 5.56 Å². The summed E-state index contributed by atoms with van der Waals surface area (Å²) in [7, 11) is 1.89. The Balaban J connectivity index is 2.13. The van der Waals surface area contributed by atoms with Gasteiger partial charge in [0.2, 0.25) is 0 Å². The summed E-state index contributed by atoms with van der Waals surface area (Å²) < 4.78 is 1.81. The van der Waals surface area contributed by atoms with Crippen molar-refractivity contribution in [3.8, 4) is 11.1 Å². The summed E-state index contributed by atoms with van der Waals surface area (Å²) in [6, 6.07) is 7.80. The molecule has 0 unspecified atom stereocenters. The topological polar surface area (TPSA) is 68.0 Å². The second-order valence-corrected chi connectivity index (χ2v) is 4.68. The summed E-state index contributed by atoms with van der Waals surface area (Å²) in [6.07, 6.45) is 7.90. The van der Waals surface area contributed by atoms with E-state index in [4.69, 9.17) is 5.11 Å². The number of aromatic nitrogens is 3. The number of rotatable bonds is 3. The molecule has 0 spiro atoms. The zero-order valence-corrected chi connectivity index (χ0v) is 11.4. The third-order valence-corrected chi connectivity index (χ3v) is 3.32. The smallest absolute Gasteiger partial charge is 0.328 e. The van der Waals surface area contributed by atoms with Gasteiger partial charge in [-0.05, 0) is 29.3 Å². The molecule has 2 heterocycles. The number of hydrogen-bond acceptors (Lipinski definition) is 3. The van der Waals surface area contributed by atoms with Crippen molar-refractivity contribution in [3.05, 3.63) is 54.5 Å². The number of carboxylic acids is 1. The molecule has 0 saturated heterocycles. The number of benzene rings is 1. The maximum absolute atomic E-state index is 10.7. The van der Waals surface area contributed by atoms with Crippen molar-refractivity contribution in [3.63, 3.8) is 0 Å². The van der Waals surface area contributed by atoms with E-state index in [-0.39, 0.29) is 0 Å². The first-order valence-corrected chi connectivity index (χ1v) is 6.42. The van der Waals surface area contributed by atoms with Crippen LogP contribution in [0.5, 0.6) is 0 Å². The summed E-state index contributed by atoms with van der Waals surface area (Å²) in [4.78, 5) is 14.8. The lowest BCUT2D eigenvalue weighted by atomic mass is 10.0. The largest absolute Gasteiger partial charge is 0.478 e. The summed E-state index contributed by atoms with van der Waals surface area (Å²) in [5, 5.41) is 14.1. The Kier molecular flexibility index (Phi) is 3.23. The van der Waals surface area contributed by atoms with Crippen molar-refractivity contribution in [1.82, 2.24) is 14.8 Å². The van der Waals surface area contributed by atoms with Crippen molar-refractivity contribution in [1.29, 1.82) is 0 Å². The van der Waals surface area contributed by atoms with Gasteiger partial charge in [0.15, 0.2) is 0 Å². The predicted molar refractivity (Wildman–Crippen MR) is 80.6 cm³/mol. The molecule has 5 nitrogen and oxygen atoms in total. The Morgan fingerprint density at radius 3 is 2.95 bits per heavy atom. The molecule has 0 saturated carbocycles. The molecule has 0 atom stereocenters. The minimum atomic E-state index is -0.972. The van der Waals surface area contributed by atoms with Gasteiger partial charge in [0.05, 0.1) is 11.7 Å². The van der Waals surface area contributed by atoms with Gasteiger partial charge >= 0.3 is 5.97 Å². The Morgan fingerprint density at radius 1 is 1.29 bits per heavy atom. The highest BCUT2D eigenvalue weighted by Crippen LogP contribution is 2.27. The summed E-state index contributed by atoms with van der Waals surface area (Å²) >= 11 is 0. The second-order valence-electron chi connectivity index (χ2n) is 4.68. The van der Waals surface area contributed by atoms with E-state index in [1.165, 1.54) is 0 Å². The van der Waals surface area contributed by atoms with Crippen LogP contribution in [-0.2, 0) is 11.8 Å². The maximum atomic E-state index is 10.7. The number of fused-ring (bicyclic) bond motifs is 1. The van der Waals surface area contributed by atoms with E-state index in [1.54, 1.807) is 24.5 Å². The van der Waals surface area contributed by atoms with Gasteiger partial charge in [-0.25, -0.2) is 4.79 Å². The van der Waals surface area contributed by atoms with E-state index in [9.17, 15) is 4.79 Å². The van der Waals surface area contributed by atoms with E-state index in [0.717, 1.165) is 33.7 Å². The van der Waals surface area contributed by atoms with E-state index >= 15 is 0 Å². The lowest BCUT2D eigenvalue weighted by molar-refractivity contribution is -0.131. The number of aryl methyl sites for hydroxylation is 1. The van der Waals surface area contributed by atoms with Gasteiger partial charge in [-0.2, -0.15) is 5.10 Å². The highest BCUT2D eigenvalue weighted by molar-refractivity contribution is 5.89. The first kappa shape index (κ1) is 13.1. The van der Waals surface area contributed by atoms with Crippen LogP contribution < -0.4 is 0 Å². The monoisotopic (exact) mass is 279 g/mol. The number of aliphatic carboxylic acids is 1. The van der Waals surface area contributed by atoms with Crippen molar-refractivity contribution in [2.45, 2.75) is 0 Å². The van der Waals surface area contributed by atoms with Crippen molar-refractivity contribution in [2.75, 3.05) is 0 Å². The minimum absolute atomic E-state index is 0.814. The van der Waals surface area contributed by atoms with Crippen LogP contribution in [0.3, 0.4) is 0 Å². The van der Waals surface area contributed by atoms with Crippen LogP contribution in [0, 0.1) is 0 Å². The molecule has 0 amide bonds. The van der Waals surface area contributed by atoms with Gasteiger partial charge in [-0.1, -0.05) is 12.1 Å². The molecular weight excluding hydrogens is 266 g/mol. The van der Waals surface area contributed by atoms with Gasteiger partial charge < -0.3 is 5.11 Å². The SMILES string of the molecule is Cn1ncc2ccc(-c3cnccc3/C=C/C(=O)O)cc21. The van der Waals surface area contributed by atoms with Gasteiger partial charge in [0.25, 0.3) is 0 Å². The molecule has 2 aromatic heterocycles. The van der Waals surface area contributed by atoms with Crippen LogP contribution in [0.15, 0.2) is 48.9 Å². The first-order valence-electron chi connectivity index (χ1n) is 6.42. The van der Waals surface area contributed by atoms with E-state index in [2.05, 4.69) is 10.1 Å². The standard InChI is InChI=1S/C16H13N3O2/c1-19-15-8-12(2-3-13(15)9-18-19)14-10-17-7-6-11(14)4-5-16(20)21/h2-10H,1H3,(H,20,21)/b5-4+. The number of hydrogen-bond donors (Lipinski definition) is 1. The molecule has 3 aromatic rings. The molecule has 104 valence electrons. The van der Waals surface area contributed by atoms with Gasteiger partial charge in [0.1, 0.15) is 0 Å². The Hall–Kier alpha value is -2.95. The third-order valence-electron chi connectivity index (χ3n) is 3.32. The Labute approximate surface area is 121 Å². The summed E-state index contributed by atoms with van der Waals surface area (Å²) in [5.74, 6) is -0.972.